The van der Waals surface area contributed by atoms with Crippen molar-refractivity contribution < 1.29 is 9.53 Å². The van der Waals surface area contributed by atoms with Crippen LogP contribution in [0.25, 0.3) is 0 Å². The summed E-state index contributed by atoms with van der Waals surface area (Å²) < 4.78 is 4.53. The molecule has 0 saturated carbocycles. The molecule has 1 rings (SSSR count). The molecule has 0 spiro atoms. The van der Waals surface area contributed by atoms with Crippen LogP contribution in [-0.2, 0) is 4.74 Å². The van der Waals surface area contributed by atoms with Crippen molar-refractivity contribution in [1.82, 2.24) is 4.98 Å². The summed E-state index contributed by atoms with van der Waals surface area (Å²) >= 11 is 0. The van der Waals surface area contributed by atoms with Crippen LogP contribution in [-0.4, -0.2) is 18.1 Å². The van der Waals surface area contributed by atoms with Gasteiger partial charge in [-0.2, -0.15) is 5.26 Å². The maximum atomic E-state index is 11.1. The number of methoxy groups -OCH3 is 1. The molecular weight excluding hydrogens is 168 g/mol. The van der Waals surface area contributed by atoms with Crippen LogP contribution >= 0.6 is 0 Å². The van der Waals surface area contributed by atoms with E-state index in [0.29, 0.717) is 17.0 Å². The van der Waals surface area contributed by atoms with Crippen LogP contribution in [0.5, 0.6) is 0 Å². The fourth-order valence-electron chi connectivity index (χ4n) is 0.949. The van der Waals surface area contributed by atoms with Gasteiger partial charge >= 0.3 is 5.97 Å². The first-order valence-corrected chi connectivity index (χ1v) is 3.65. The van der Waals surface area contributed by atoms with Gasteiger partial charge in [0.05, 0.1) is 18.4 Å². The number of pyridine rings is 1. The van der Waals surface area contributed by atoms with E-state index in [9.17, 15) is 4.79 Å². The second kappa shape index (κ2) is 3.68. The Bertz CT molecular complexity index is 380. The summed E-state index contributed by atoms with van der Waals surface area (Å²) in [5.41, 5.74) is 1.19. The molecule has 4 heteroatoms. The number of nitrogens with zero attached hydrogens (tertiary/aromatic N) is 2. The molecule has 13 heavy (non-hydrogen) atoms. The summed E-state index contributed by atoms with van der Waals surface area (Å²) in [6.07, 6.45) is 0. The van der Waals surface area contributed by atoms with Crippen LogP contribution in [0.3, 0.4) is 0 Å². The molecule has 1 heterocycles. The minimum atomic E-state index is -0.436. The normalized spacial score (nSPS) is 9.00. The molecule has 0 aliphatic carbocycles. The summed E-state index contributed by atoms with van der Waals surface area (Å²) in [6.45, 7) is 1.66. The van der Waals surface area contributed by atoms with Gasteiger partial charge in [0.25, 0.3) is 0 Å². The van der Waals surface area contributed by atoms with E-state index in [1.165, 1.54) is 19.2 Å². The molecule has 0 aliphatic rings. The van der Waals surface area contributed by atoms with E-state index in [-0.39, 0.29) is 0 Å². The van der Waals surface area contributed by atoms with Gasteiger partial charge in [0, 0.05) is 0 Å². The van der Waals surface area contributed by atoms with Crippen LogP contribution < -0.4 is 0 Å². The second-order valence-corrected chi connectivity index (χ2v) is 2.43. The molecular formula is C9H8N2O2. The molecule has 0 atom stereocenters. The predicted molar refractivity (Wildman–Crippen MR) is 45.0 cm³/mol. The SMILES string of the molecule is COC(=O)c1ccc(C#N)nc1C. The molecule has 0 amide bonds. The lowest BCUT2D eigenvalue weighted by molar-refractivity contribution is 0.0599. The molecule has 0 aliphatic heterocycles. The molecule has 0 saturated heterocycles. The largest absolute Gasteiger partial charge is 0.465 e. The number of esters is 1. The van der Waals surface area contributed by atoms with Gasteiger partial charge < -0.3 is 4.74 Å². The topological polar surface area (TPSA) is 63.0 Å². The van der Waals surface area contributed by atoms with E-state index >= 15 is 0 Å². The minimum absolute atomic E-state index is 0.296. The van der Waals surface area contributed by atoms with Gasteiger partial charge in [0.15, 0.2) is 0 Å². The summed E-state index contributed by atoms with van der Waals surface area (Å²) in [7, 11) is 1.31. The Morgan fingerprint density at radius 2 is 2.31 bits per heavy atom. The lowest BCUT2D eigenvalue weighted by atomic mass is 10.2. The molecule has 4 nitrogen and oxygen atoms in total. The van der Waals surface area contributed by atoms with E-state index in [0.717, 1.165) is 0 Å². The summed E-state index contributed by atoms with van der Waals surface area (Å²) in [6, 6.07) is 4.91. The number of carbonyl (C=O) groups is 1. The molecule has 1 aromatic heterocycles. The van der Waals surface area contributed by atoms with E-state index < -0.39 is 5.97 Å². The molecule has 0 bridgehead atoms. The highest BCUT2D eigenvalue weighted by Crippen LogP contribution is 2.07. The zero-order valence-electron chi connectivity index (χ0n) is 7.37. The van der Waals surface area contributed by atoms with Crippen LogP contribution in [0.4, 0.5) is 0 Å². The molecule has 0 fully saturated rings. The van der Waals surface area contributed by atoms with Gasteiger partial charge in [0.2, 0.25) is 0 Å². The van der Waals surface area contributed by atoms with Gasteiger partial charge in [-0.15, -0.1) is 0 Å². The van der Waals surface area contributed by atoms with Gasteiger partial charge in [-0.3, -0.25) is 0 Å². The van der Waals surface area contributed by atoms with Gasteiger partial charge in [-0.05, 0) is 19.1 Å². The van der Waals surface area contributed by atoms with E-state index in [1.807, 2.05) is 6.07 Å². The highest BCUT2D eigenvalue weighted by Gasteiger charge is 2.09. The summed E-state index contributed by atoms with van der Waals surface area (Å²) in [5, 5.41) is 8.52. The van der Waals surface area contributed by atoms with E-state index in [2.05, 4.69) is 9.72 Å². The number of aryl methyl sites for hydroxylation is 1. The maximum Gasteiger partial charge on any atom is 0.339 e. The van der Waals surface area contributed by atoms with Crippen molar-refractivity contribution in [2.75, 3.05) is 7.11 Å². The molecule has 66 valence electrons. The highest BCUT2D eigenvalue weighted by molar-refractivity contribution is 5.90. The number of hydrogen-bond acceptors (Lipinski definition) is 4. The number of hydrogen-bond donors (Lipinski definition) is 0. The summed E-state index contributed by atoms with van der Waals surface area (Å²) in [4.78, 5) is 15.0. The number of ether oxygens (including phenoxy) is 1. The quantitative estimate of drug-likeness (QED) is 0.600. The Morgan fingerprint density at radius 1 is 1.62 bits per heavy atom. The van der Waals surface area contributed by atoms with Gasteiger partial charge in [-0.1, -0.05) is 0 Å². The number of aromatic nitrogens is 1. The van der Waals surface area contributed by atoms with Crippen molar-refractivity contribution in [3.05, 3.63) is 29.1 Å². The van der Waals surface area contributed by atoms with Crippen LogP contribution in [0.15, 0.2) is 12.1 Å². The molecule has 0 aromatic carbocycles. The van der Waals surface area contributed by atoms with Gasteiger partial charge in [0.1, 0.15) is 11.8 Å². The minimum Gasteiger partial charge on any atom is -0.465 e. The number of rotatable bonds is 1. The van der Waals surface area contributed by atoms with Crippen molar-refractivity contribution in [3.63, 3.8) is 0 Å². The Kier molecular flexibility index (Phi) is 2.60. The third-order valence-corrected chi connectivity index (χ3v) is 1.61. The Balaban J connectivity index is 3.14. The first kappa shape index (κ1) is 9.20. The Morgan fingerprint density at radius 3 is 2.77 bits per heavy atom. The average Bonchev–Trinajstić information content (AvgIpc) is 2.16. The standard InChI is InChI=1S/C9H8N2O2/c1-6-8(9(12)13-2)4-3-7(5-10)11-6/h3-4H,1-2H3. The fourth-order valence-corrected chi connectivity index (χ4v) is 0.949. The monoisotopic (exact) mass is 176 g/mol. The third-order valence-electron chi connectivity index (χ3n) is 1.61. The zero-order valence-corrected chi connectivity index (χ0v) is 7.37. The Hall–Kier alpha value is -1.89. The van der Waals surface area contributed by atoms with Crippen molar-refractivity contribution >= 4 is 5.97 Å². The molecule has 0 unspecified atom stereocenters. The van der Waals surface area contributed by atoms with Crippen LogP contribution in [0.2, 0.25) is 0 Å². The van der Waals surface area contributed by atoms with Gasteiger partial charge in [-0.25, -0.2) is 9.78 Å². The van der Waals surface area contributed by atoms with Crippen molar-refractivity contribution in [2.24, 2.45) is 0 Å². The summed E-state index contributed by atoms with van der Waals surface area (Å²) in [5.74, 6) is -0.436. The van der Waals surface area contributed by atoms with Crippen LogP contribution in [0, 0.1) is 18.3 Å². The molecule has 0 N–H and O–H groups in total. The van der Waals surface area contributed by atoms with Crippen LogP contribution in [0.1, 0.15) is 21.7 Å². The smallest absolute Gasteiger partial charge is 0.339 e. The average molecular weight is 176 g/mol. The molecule has 1 aromatic rings. The number of carbonyl (C=O) groups excluding carboxylic acids is 1. The zero-order chi connectivity index (χ0) is 9.84. The van der Waals surface area contributed by atoms with Crippen molar-refractivity contribution in [2.45, 2.75) is 6.92 Å². The van der Waals surface area contributed by atoms with Crippen molar-refractivity contribution in [1.29, 1.82) is 5.26 Å². The molecule has 0 radical (unpaired) electrons. The first-order chi connectivity index (χ1) is 6.19. The lowest BCUT2D eigenvalue weighted by Crippen LogP contribution is -2.05. The van der Waals surface area contributed by atoms with E-state index in [4.69, 9.17) is 5.26 Å². The van der Waals surface area contributed by atoms with E-state index in [1.54, 1.807) is 6.92 Å². The predicted octanol–water partition coefficient (Wildman–Crippen LogP) is 1.05. The maximum absolute atomic E-state index is 11.1. The highest BCUT2D eigenvalue weighted by atomic mass is 16.5. The first-order valence-electron chi connectivity index (χ1n) is 3.65. The lowest BCUT2D eigenvalue weighted by Gasteiger charge is -2.01. The fraction of sp³-hybridized carbons (Fsp3) is 0.222. The Labute approximate surface area is 75.8 Å². The number of nitriles is 1. The third kappa shape index (κ3) is 1.82. The van der Waals surface area contributed by atoms with Crippen molar-refractivity contribution in [3.8, 4) is 6.07 Å². The second-order valence-electron chi connectivity index (χ2n) is 2.43.